The average molecular weight is 244 g/mol. The number of nitrogens with zero attached hydrogens (tertiary/aromatic N) is 2. The lowest BCUT2D eigenvalue weighted by atomic mass is 9.88. The maximum atomic E-state index is 10.3. The number of hydrogen-bond donors (Lipinski definition) is 1. The molecule has 0 amide bonds. The van der Waals surface area contributed by atoms with Crippen LogP contribution in [0.25, 0.3) is 0 Å². The van der Waals surface area contributed by atoms with Crippen LogP contribution in [-0.2, 0) is 9.47 Å². The van der Waals surface area contributed by atoms with E-state index in [1.807, 2.05) is 9.34 Å². The molecule has 2 unspecified atom stereocenters. The summed E-state index contributed by atoms with van der Waals surface area (Å²) in [5.74, 6) is 1.48. The molecule has 0 bridgehead atoms. The summed E-state index contributed by atoms with van der Waals surface area (Å²) in [5.41, 5.74) is 0.0887. The lowest BCUT2D eigenvalue weighted by Crippen LogP contribution is -2.37. The molecule has 3 aliphatic rings. The van der Waals surface area contributed by atoms with Gasteiger partial charge in [-0.25, -0.2) is 0 Å². The lowest BCUT2D eigenvalue weighted by Gasteiger charge is -2.34. The molecule has 2 atom stereocenters. The first-order valence-corrected chi connectivity index (χ1v) is 6.75. The van der Waals surface area contributed by atoms with E-state index in [1.165, 1.54) is 0 Å². The van der Waals surface area contributed by atoms with Crippen molar-refractivity contribution in [2.45, 2.75) is 26.8 Å². The fraction of sp³-hybridized carbons (Fsp3) is 0.800. The molecule has 3 rings (SSSR count). The van der Waals surface area contributed by atoms with E-state index in [1.54, 1.807) is 0 Å². The summed E-state index contributed by atoms with van der Waals surface area (Å²) < 4.78 is 15.1. The molecule has 5 nitrogen and oxygen atoms in total. The number of rotatable bonds is 0. The fourth-order valence-electron chi connectivity index (χ4n) is 2.28. The molecule has 90 valence electrons. The van der Waals surface area contributed by atoms with Crippen molar-refractivity contribution in [3.05, 3.63) is 11.8 Å². The van der Waals surface area contributed by atoms with E-state index in [0.29, 0.717) is 13.2 Å². The van der Waals surface area contributed by atoms with Gasteiger partial charge in [0.15, 0.2) is 0 Å². The highest BCUT2D eigenvalue weighted by atomic mass is 31.2. The molecule has 0 aromatic carbocycles. The van der Waals surface area contributed by atoms with Gasteiger partial charge in [0, 0.05) is 0 Å². The van der Waals surface area contributed by atoms with E-state index >= 15 is 0 Å². The molecule has 0 saturated carbocycles. The van der Waals surface area contributed by atoms with Crippen molar-refractivity contribution in [1.82, 2.24) is 9.34 Å². The van der Waals surface area contributed by atoms with Crippen LogP contribution in [0.15, 0.2) is 11.8 Å². The first-order chi connectivity index (χ1) is 7.50. The van der Waals surface area contributed by atoms with E-state index in [9.17, 15) is 4.89 Å². The van der Waals surface area contributed by atoms with E-state index < -0.39 is 8.45 Å². The van der Waals surface area contributed by atoms with Gasteiger partial charge in [-0.05, 0) is 5.41 Å². The molecule has 2 fully saturated rings. The van der Waals surface area contributed by atoms with E-state index in [0.717, 1.165) is 18.3 Å². The Balaban J connectivity index is 1.96. The van der Waals surface area contributed by atoms with Crippen LogP contribution in [0.1, 0.15) is 20.8 Å². The predicted octanol–water partition coefficient (Wildman–Crippen LogP) is 1.42. The molecule has 16 heavy (non-hydrogen) atoms. The van der Waals surface area contributed by atoms with Crippen molar-refractivity contribution in [3.63, 3.8) is 0 Å². The van der Waals surface area contributed by atoms with Gasteiger partial charge in [0.1, 0.15) is 13.2 Å². The van der Waals surface area contributed by atoms with Crippen LogP contribution >= 0.6 is 8.45 Å². The summed E-state index contributed by atoms with van der Waals surface area (Å²) >= 11 is 0. The van der Waals surface area contributed by atoms with Crippen molar-refractivity contribution in [1.29, 1.82) is 0 Å². The largest absolute Gasteiger partial charge is 0.473 e. The Bertz CT molecular complexity index is 352. The van der Waals surface area contributed by atoms with Gasteiger partial charge in [-0.3, -0.25) is 9.34 Å². The lowest BCUT2D eigenvalue weighted by molar-refractivity contribution is 0.181. The minimum absolute atomic E-state index is 0.0887. The molecular weight excluding hydrogens is 227 g/mol. The monoisotopic (exact) mass is 244 g/mol. The van der Waals surface area contributed by atoms with Crippen LogP contribution in [0.2, 0.25) is 0 Å². The SMILES string of the molecule is CC(C)(C)C1COC2=C3OCCN3P(O)N21. The molecule has 0 aromatic heterocycles. The van der Waals surface area contributed by atoms with Crippen LogP contribution in [0.3, 0.4) is 0 Å². The van der Waals surface area contributed by atoms with Gasteiger partial charge in [-0.1, -0.05) is 20.8 Å². The van der Waals surface area contributed by atoms with Crippen molar-refractivity contribution in [2.24, 2.45) is 5.41 Å². The minimum atomic E-state index is -1.31. The highest BCUT2D eigenvalue weighted by molar-refractivity contribution is 7.47. The Morgan fingerprint density at radius 2 is 2.06 bits per heavy atom. The quantitative estimate of drug-likeness (QED) is 0.653. The van der Waals surface area contributed by atoms with Crippen LogP contribution in [0, 0.1) is 5.41 Å². The Morgan fingerprint density at radius 1 is 1.31 bits per heavy atom. The highest BCUT2D eigenvalue weighted by Crippen LogP contribution is 2.59. The van der Waals surface area contributed by atoms with Gasteiger partial charge >= 0.3 is 0 Å². The summed E-state index contributed by atoms with van der Waals surface area (Å²) in [6.45, 7) is 8.55. The van der Waals surface area contributed by atoms with Crippen LogP contribution in [0.4, 0.5) is 0 Å². The smallest absolute Gasteiger partial charge is 0.259 e. The molecule has 0 spiro atoms. The summed E-state index contributed by atoms with van der Waals surface area (Å²) in [6, 6.07) is 0.223. The van der Waals surface area contributed by atoms with Gasteiger partial charge in [-0.15, -0.1) is 0 Å². The second-order valence-corrected chi connectivity index (χ2v) is 6.84. The predicted molar refractivity (Wildman–Crippen MR) is 59.9 cm³/mol. The topological polar surface area (TPSA) is 45.2 Å². The van der Waals surface area contributed by atoms with Crippen molar-refractivity contribution >= 4 is 8.45 Å². The zero-order valence-corrected chi connectivity index (χ0v) is 10.7. The maximum absolute atomic E-state index is 10.3. The van der Waals surface area contributed by atoms with Crippen LogP contribution in [0.5, 0.6) is 0 Å². The molecular formula is C10H17N2O3P. The van der Waals surface area contributed by atoms with Gasteiger partial charge < -0.3 is 14.4 Å². The van der Waals surface area contributed by atoms with Crippen molar-refractivity contribution in [2.75, 3.05) is 19.8 Å². The number of hydrogen-bond acceptors (Lipinski definition) is 5. The number of fused-ring (bicyclic) bond motifs is 2. The Kier molecular flexibility index (Phi) is 2.08. The zero-order valence-electron chi connectivity index (χ0n) is 9.80. The minimum Gasteiger partial charge on any atom is -0.473 e. The first-order valence-electron chi connectivity index (χ1n) is 5.55. The number of ether oxygens (including phenoxy) is 2. The average Bonchev–Trinajstić information content (AvgIpc) is 2.83. The molecule has 0 radical (unpaired) electrons. The molecule has 2 saturated heterocycles. The third kappa shape index (κ3) is 1.25. The molecule has 1 N–H and O–H groups in total. The molecule has 3 heterocycles. The Labute approximate surface area is 96.6 Å². The molecule has 0 aliphatic carbocycles. The standard InChI is InChI=1S/C10H17N2O3P/c1-10(2,3)7-6-15-9-8-11(4-5-14-8)16(13)12(7)9/h7,13H,4-6H2,1-3H3. The molecule has 0 aromatic rings. The Hall–Kier alpha value is -0.670. The summed E-state index contributed by atoms with van der Waals surface area (Å²) in [5, 5.41) is 0. The highest BCUT2D eigenvalue weighted by Gasteiger charge is 2.53. The van der Waals surface area contributed by atoms with Gasteiger partial charge in [0.05, 0.1) is 12.6 Å². The Morgan fingerprint density at radius 3 is 2.75 bits per heavy atom. The first kappa shape index (κ1) is 10.5. The fourth-order valence-corrected chi connectivity index (χ4v) is 4.05. The second kappa shape index (κ2) is 3.17. The van der Waals surface area contributed by atoms with Crippen LogP contribution < -0.4 is 0 Å². The van der Waals surface area contributed by atoms with Crippen molar-refractivity contribution in [3.8, 4) is 0 Å². The third-order valence-electron chi connectivity index (χ3n) is 3.25. The van der Waals surface area contributed by atoms with Gasteiger partial charge in [0.2, 0.25) is 0 Å². The molecule has 6 heteroatoms. The second-order valence-electron chi connectivity index (χ2n) is 5.39. The zero-order chi connectivity index (χ0) is 11.5. The summed E-state index contributed by atoms with van der Waals surface area (Å²) in [4.78, 5) is 10.3. The third-order valence-corrected chi connectivity index (χ3v) is 4.91. The van der Waals surface area contributed by atoms with E-state index in [4.69, 9.17) is 9.47 Å². The van der Waals surface area contributed by atoms with Crippen LogP contribution in [-0.4, -0.2) is 40.0 Å². The van der Waals surface area contributed by atoms with Gasteiger partial charge in [0.25, 0.3) is 20.2 Å². The van der Waals surface area contributed by atoms with Gasteiger partial charge in [-0.2, -0.15) is 0 Å². The summed E-state index contributed by atoms with van der Waals surface area (Å²) in [7, 11) is -1.31. The normalized spacial score (nSPS) is 32.8. The summed E-state index contributed by atoms with van der Waals surface area (Å²) in [6.07, 6.45) is 0. The molecule has 3 aliphatic heterocycles. The maximum Gasteiger partial charge on any atom is 0.259 e. The van der Waals surface area contributed by atoms with E-state index in [2.05, 4.69) is 20.8 Å². The van der Waals surface area contributed by atoms with E-state index in [-0.39, 0.29) is 11.5 Å². The van der Waals surface area contributed by atoms with Crippen molar-refractivity contribution < 1.29 is 14.4 Å².